The van der Waals surface area contributed by atoms with Gasteiger partial charge in [-0.15, -0.1) is 0 Å². The van der Waals surface area contributed by atoms with E-state index < -0.39 is 0 Å². The van der Waals surface area contributed by atoms with Gasteiger partial charge in [0, 0.05) is 54.2 Å². The zero-order valence-electron chi connectivity index (χ0n) is 27.2. The van der Waals surface area contributed by atoms with E-state index in [9.17, 15) is 4.79 Å². The number of hydrogen-bond donors (Lipinski definition) is 0. The minimum atomic E-state index is -0.337. The topological polar surface area (TPSA) is 83.0 Å². The number of ether oxygens (including phenoxy) is 4. The summed E-state index contributed by atoms with van der Waals surface area (Å²) < 4.78 is 24.6. The molecule has 0 unspecified atom stereocenters. The molecule has 0 radical (unpaired) electrons. The van der Waals surface area contributed by atoms with Gasteiger partial charge in [0.25, 0.3) is 0 Å². The molecule has 1 aromatic heterocycles. The molecular formula is C37H44ClN3O5S. The number of anilines is 1. The van der Waals surface area contributed by atoms with Gasteiger partial charge in [-0.25, -0.2) is 14.8 Å². The molecule has 2 fully saturated rings. The van der Waals surface area contributed by atoms with Crippen molar-refractivity contribution in [3.8, 4) is 5.75 Å². The number of fused-ring (bicyclic) bond motifs is 3. The fourth-order valence-corrected chi connectivity index (χ4v) is 8.97. The molecule has 3 aromatic rings. The van der Waals surface area contributed by atoms with Crippen LogP contribution < -0.4 is 9.64 Å². The SMILES string of the molecule is COC(=O)c1ccc2c(c1)N(C[C@@H]1CC[C@H]1[C@@H]1C[C@H](OC[C@@H](C)Sc3ncccn3)CCO1)C[C@@]1(CCCc3cc(Cl)ccc31)CO2. The molecule has 8 nitrogen and oxygen atoms in total. The first-order valence-corrected chi connectivity index (χ1v) is 18.2. The number of rotatable bonds is 9. The number of carbonyl (C=O) groups excluding carboxylic acids is 1. The number of esters is 1. The molecule has 250 valence electrons. The summed E-state index contributed by atoms with van der Waals surface area (Å²) in [6.45, 7) is 5.85. The van der Waals surface area contributed by atoms with Gasteiger partial charge in [0.1, 0.15) is 5.75 Å². The Balaban J connectivity index is 1.07. The summed E-state index contributed by atoms with van der Waals surface area (Å²) in [5.41, 5.74) is 4.00. The van der Waals surface area contributed by atoms with Crippen LogP contribution in [0.2, 0.25) is 5.02 Å². The molecule has 0 N–H and O–H groups in total. The summed E-state index contributed by atoms with van der Waals surface area (Å²) in [4.78, 5) is 23.8. The van der Waals surface area contributed by atoms with Gasteiger partial charge in [0.2, 0.25) is 0 Å². The Morgan fingerprint density at radius 1 is 1.17 bits per heavy atom. The minimum absolute atomic E-state index is 0.165. The molecule has 1 spiro atoms. The average molecular weight is 678 g/mol. The highest BCUT2D eigenvalue weighted by Crippen LogP contribution is 2.47. The lowest BCUT2D eigenvalue weighted by Crippen LogP contribution is -2.50. The summed E-state index contributed by atoms with van der Waals surface area (Å²) >= 11 is 8.10. The van der Waals surface area contributed by atoms with Crippen molar-refractivity contribution < 1.29 is 23.7 Å². The summed E-state index contributed by atoms with van der Waals surface area (Å²) in [6.07, 6.45) is 11.3. The molecule has 4 aliphatic rings. The maximum atomic E-state index is 12.6. The number of nitrogens with zero attached hydrogens (tertiary/aromatic N) is 3. The lowest BCUT2D eigenvalue weighted by molar-refractivity contribution is -0.116. The number of hydrogen-bond acceptors (Lipinski definition) is 9. The van der Waals surface area contributed by atoms with Crippen LogP contribution in [0.4, 0.5) is 5.69 Å². The lowest BCUT2D eigenvalue weighted by atomic mass is 9.67. The highest BCUT2D eigenvalue weighted by Gasteiger charge is 2.45. The minimum Gasteiger partial charge on any atom is -0.490 e. The fourth-order valence-electron chi connectivity index (χ4n) is 8.03. The smallest absolute Gasteiger partial charge is 0.337 e. The van der Waals surface area contributed by atoms with Gasteiger partial charge >= 0.3 is 5.97 Å². The zero-order valence-corrected chi connectivity index (χ0v) is 28.8. The number of benzene rings is 2. The van der Waals surface area contributed by atoms with E-state index in [1.54, 1.807) is 24.2 Å². The van der Waals surface area contributed by atoms with Crippen molar-refractivity contribution in [2.75, 3.05) is 44.9 Å². The van der Waals surface area contributed by atoms with Crippen LogP contribution in [-0.4, -0.2) is 73.4 Å². The monoisotopic (exact) mass is 677 g/mol. The molecule has 7 rings (SSSR count). The van der Waals surface area contributed by atoms with Gasteiger partial charge in [-0.05, 0) is 97.9 Å². The van der Waals surface area contributed by atoms with Crippen LogP contribution in [0, 0.1) is 11.8 Å². The van der Waals surface area contributed by atoms with E-state index in [0.29, 0.717) is 30.6 Å². The first kappa shape index (κ1) is 32.7. The van der Waals surface area contributed by atoms with Crippen LogP contribution in [0.1, 0.15) is 66.9 Å². The Bertz CT molecular complexity index is 1560. The lowest BCUT2D eigenvalue weighted by Gasteiger charge is -2.48. The van der Waals surface area contributed by atoms with Crippen LogP contribution in [0.3, 0.4) is 0 Å². The van der Waals surface area contributed by atoms with Gasteiger partial charge < -0.3 is 23.8 Å². The van der Waals surface area contributed by atoms with Crippen LogP contribution >= 0.6 is 23.4 Å². The van der Waals surface area contributed by atoms with Crippen molar-refractivity contribution in [3.05, 3.63) is 76.6 Å². The first-order chi connectivity index (χ1) is 22.9. The summed E-state index contributed by atoms with van der Waals surface area (Å²) in [5.74, 6) is 1.43. The van der Waals surface area contributed by atoms with Gasteiger partial charge in [-0.1, -0.05) is 36.4 Å². The number of carbonyl (C=O) groups is 1. The first-order valence-electron chi connectivity index (χ1n) is 17.0. The van der Waals surface area contributed by atoms with Crippen molar-refractivity contribution >= 4 is 35.0 Å². The van der Waals surface area contributed by atoms with Crippen molar-refractivity contribution in [3.63, 3.8) is 0 Å². The quantitative estimate of drug-likeness (QED) is 0.133. The van der Waals surface area contributed by atoms with Crippen LogP contribution in [-0.2, 0) is 26.0 Å². The molecule has 1 saturated heterocycles. The van der Waals surface area contributed by atoms with Crippen molar-refractivity contribution in [2.45, 2.75) is 79.9 Å². The molecule has 0 amide bonds. The maximum Gasteiger partial charge on any atom is 0.337 e. The van der Waals surface area contributed by atoms with E-state index in [1.165, 1.54) is 18.2 Å². The Kier molecular flexibility index (Phi) is 9.96. The Hall–Kier alpha value is -2.85. The number of aromatic nitrogens is 2. The van der Waals surface area contributed by atoms with E-state index in [4.69, 9.17) is 30.5 Å². The predicted molar refractivity (Wildman–Crippen MR) is 184 cm³/mol. The Morgan fingerprint density at radius 3 is 2.85 bits per heavy atom. The third kappa shape index (κ3) is 7.14. The molecule has 0 bridgehead atoms. The van der Waals surface area contributed by atoms with Crippen LogP contribution in [0.25, 0.3) is 0 Å². The molecule has 2 aromatic carbocycles. The summed E-state index contributed by atoms with van der Waals surface area (Å²) in [5, 5.41) is 1.83. The largest absolute Gasteiger partial charge is 0.490 e. The van der Waals surface area contributed by atoms with Gasteiger partial charge in [0.15, 0.2) is 5.16 Å². The highest BCUT2D eigenvalue weighted by molar-refractivity contribution is 7.99. The number of halogens is 1. The summed E-state index contributed by atoms with van der Waals surface area (Å²) in [6, 6.07) is 13.9. The molecule has 10 heteroatoms. The second kappa shape index (κ2) is 14.3. The molecule has 1 saturated carbocycles. The Labute approximate surface area is 286 Å². The molecule has 2 aliphatic carbocycles. The Morgan fingerprint density at radius 2 is 2.04 bits per heavy atom. The van der Waals surface area contributed by atoms with E-state index in [-0.39, 0.29) is 28.8 Å². The second-order valence-corrected chi connectivity index (χ2v) is 15.5. The summed E-state index contributed by atoms with van der Waals surface area (Å²) in [7, 11) is 1.43. The number of aryl methyl sites for hydroxylation is 1. The van der Waals surface area contributed by atoms with Crippen LogP contribution in [0.15, 0.2) is 60.0 Å². The third-order valence-corrected chi connectivity index (χ3v) is 11.7. The van der Waals surface area contributed by atoms with Crippen molar-refractivity contribution in [1.82, 2.24) is 9.97 Å². The van der Waals surface area contributed by atoms with E-state index in [0.717, 1.165) is 86.3 Å². The average Bonchev–Trinajstić information content (AvgIpc) is 3.22. The zero-order chi connectivity index (χ0) is 32.4. The predicted octanol–water partition coefficient (Wildman–Crippen LogP) is 7.16. The molecule has 47 heavy (non-hydrogen) atoms. The maximum absolute atomic E-state index is 12.6. The fraction of sp³-hybridized carbons (Fsp3) is 0.541. The van der Waals surface area contributed by atoms with Crippen LogP contribution in [0.5, 0.6) is 5.75 Å². The van der Waals surface area contributed by atoms with E-state index in [2.05, 4.69) is 33.9 Å². The van der Waals surface area contributed by atoms with Crippen molar-refractivity contribution in [1.29, 1.82) is 0 Å². The second-order valence-electron chi connectivity index (χ2n) is 13.6. The molecule has 2 aliphatic heterocycles. The van der Waals surface area contributed by atoms with E-state index in [1.807, 2.05) is 30.3 Å². The molecular weight excluding hydrogens is 634 g/mol. The van der Waals surface area contributed by atoms with Crippen molar-refractivity contribution in [2.24, 2.45) is 11.8 Å². The standard InChI is InChI=1S/C37H44ClN3O5S/c1-24(47-36-39-14-4-15-40-36)21-45-29-12-16-44-34(19-29)30-9-6-27(30)20-41-22-37(13-3-5-25-17-28(38)8-10-31(25)37)23-46-33-11-7-26(18-32(33)41)35(42)43-2/h4,7-8,10-11,14-15,17-18,24,27,29-30,34H,3,5-6,9,12-13,16,19-23H2,1-2H3/t24-,27+,29-,30-,34+,37+/m1/s1. The molecule has 3 heterocycles. The number of thioether (sulfide) groups is 1. The van der Waals surface area contributed by atoms with Gasteiger partial charge in [0.05, 0.1) is 43.8 Å². The normalized spacial score (nSPS) is 27.5. The van der Waals surface area contributed by atoms with Gasteiger partial charge in [-0.2, -0.15) is 0 Å². The van der Waals surface area contributed by atoms with Gasteiger partial charge in [-0.3, -0.25) is 0 Å². The highest BCUT2D eigenvalue weighted by atomic mass is 35.5. The molecule has 6 atom stereocenters. The van der Waals surface area contributed by atoms with E-state index >= 15 is 0 Å². The third-order valence-electron chi connectivity index (χ3n) is 10.5. The number of methoxy groups -OCH3 is 1.